The van der Waals surface area contributed by atoms with Gasteiger partial charge in [0.25, 0.3) is 0 Å². The molecule has 0 bridgehead atoms. The molecule has 2 aliphatic heterocycles. The number of likely N-dealkylation sites (tertiary alicyclic amines) is 1. The van der Waals surface area contributed by atoms with E-state index in [-0.39, 0.29) is 0 Å². The third-order valence-corrected chi connectivity index (χ3v) is 6.67. The molecule has 2 heterocycles. The summed E-state index contributed by atoms with van der Waals surface area (Å²) in [7, 11) is 1.97. The van der Waals surface area contributed by atoms with Crippen molar-refractivity contribution in [1.29, 1.82) is 0 Å². The molecule has 4 nitrogen and oxygen atoms in total. The summed E-state index contributed by atoms with van der Waals surface area (Å²) in [5, 5.41) is 3.19. The van der Waals surface area contributed by atoms with Crippen LogP contribution in [-0.4, -0.2) is 36.9 Å². The van der Waals surface area contributed by atoms with Crippen molar-refractivity contribution in [3.63, 3.8) is 0 Å². The number of piperidine rings is 1. The number of hydrogen-bond acceptors (Lipinski definition) is 4. The van der Waals surface area contributed by atoms with E-state index in [1.54, 1.807) is 0 Å². The van der Waals surface area contributed by atoms with Crippen molar-refractivity contribution in [2.45, 2.75) is 57.1 Å². The molecule has 4 heteroatoms. The van der Waals surface area contributed by atoms with Gasteiger partial charge in [-0.25, -0.2) is 0 Å². The first-order valence-corrected chi connectivity index (χ1v) is 10.7. The molecular formula is C24H30N2O2. The first-order chi connectivity index (χ1) is 13.7. The standard InChI is InChI=1S/C24H30N2O2/c1-25-16-18-5-7-19(8-6-18)20-9-10-23-21(15-20)17-27-24(28-23)11-13-26(14-12-24)22-3-2-4-22/h5-10,15,22,25H,2-4,11-14,16-17H2,1H3. The van der Waals surface area contributed by atoms with Gasteiger partial charge in [0.1, 0.15) is 5.75 Å². The highest BCUT2D eigenvalue weighted by Crippen LogP contribution is 2.40. The van der Waals surface area contributed by atoms with Crippen LogP contribution in [0.5, 0.6) is 5.75 Å². The fourth-order valence-electron chi connectivity index (χ4n) is 4.66. The van der Waals surface area contributed by atoms with E-state index >= 15 is 0 Å². The molecule has 3 aliphatic rings. The van der Waals surface area contributed by atoms with Gasteiger partial charge in [0.2, 0.25) is 5.79 Å². The number of benzene rings is 2. The SMILES string of the molecule is CNCc1ccc(-c2ccc3c(c2)COC2(CCN(C4CCC4)CC2)O3)cc1. The van der Waals surface area contributed by atoms with Crippen molar-refractivity contribution in [2.24, 2.45) is 0 Å². The number of nitrogens with zero attached hydrogens (tertiary/aromatic N) is 1. The van der Waals surface area contributed by atoms with E-state index in [1.165, 1.54) is 36.0 Å². The van der Waals surface area contributed by atoms with Gasteiger partial charge in [-0.2, -0.15) is 0 Å². The number of hydrogen-bond donors (Lipinski definition) is 1. The second-order valence-corrected chi connectivity index (χ2v) is 8.47. The van der Waals surface area contributed by atoms with Gasteiger partial charge in [-0.15, -0.1) is 0 Å². The normalized spacial score (nSPS) is 21.8. The minimum Gasteiger partial charge on any atom is -0.462 e. The first-order valence-electron chi connectivity index (χ1n) is 10.7. The largest absolute Gasteiger partial charge is 0.462 e. The number of rotatable bonds is 4. The monoisotopic (exact) mass is 378 g/mol. The van der Waals surface area contributed by atoms with Gasteiger partial charge in [0.05, 0.1) is 6.61 Å². The van der Waals surface area contributed by atoms with Crippen LogP contribution in [0.4, 0.5) is 0 Å². The lowest BCUT2D eigenvalue weighted by Gasteiger charge is -2.47. The van der Waals surface area contributed by atoms with E-state index in [9.17, 15) is 0 Å². The van der Waals surface area contributed by atoms with Crippen molar-refractivity contribution in [1.82, 2.24) is 10.2 Å². The van der Waals surface area contributed by atoms with Crippen LogP contribution in [-0.2, 0) is 17.9 Å². The summed E-state index contributed by atoms with van der Waals surface area (Å²) in [6.07, 6.45) is 6.08. The molecule has 2 fully saturated rings. The van der Waals surface area contributed by atoms with Gasteiger partial charge in [-0.3, -0.25) is 4.90 Å². The quantitative estimate of drug-likeness (QED) is 0.859. The van der Waals surface area contributed by atoms with Crippen LogP contribution in [0.25, 0.3) is 11.1 Å². The van der Waals surface area contributed by atoms with Crippen LogP contribution in [0.15, 0.2) is 42.5 Å². The minimum atomic E-state index is -0.413. The molecule has 1 aliphatic carbocycles. The first kappa shape index (κ1) is 18.2. The summed E-state index contributed by atoms with van der Waals surface area (Å²) in [4.78, 5) is 2.64. The molecule has 1 N–H and O–H groups in total. The zero-order valence-corrected chi connectivity index (χ0v) is 16.7. The molecule has 1 spiro atoms. The van der Waals surface area contributed by atoms with E-state index in [0.29, 0.717) is 6.61 Å². The molecule has 148 valence electrons. The zero-order chi connectivity index (χ0) is 19.0. The molecule has 0 atom stereocenters. The van der Waals surface area contributed by atoms with Crippen LogP contribution in [0.3, 0.4) is 0 Å². The van der Waals surface area contributed by atoms with E-state index in [4.69, 9.17) is 9.47 Å². The maximum Gasteiger partial charge on any atom is 0.213 e. The Labute approximate surface area is 167 Å². The molecule has 5 rings (SSSR count). The molecular weight excluding hydrogens is 348 g/mol. The molecule has 2 aromatic rings. The lowest BCUT2D eigenvalue weighted by atomic mass is 9.89. The molecule has 0 aromatic heterocycles. The molecule has 2 aromatic carbocycles. The van der Waals surface area contributed by atoms with Crippen molar-refractivity contribution < 1.29 is 9.47 Å². The van der Waals surface area contributed by atoms with E-state index in [1.807, 2.05) is 7.05 Å². The summed E-state index contributed by atoms with van der Waals surface area (Å²) in [5.41, 5.74) is 4.91. The van der Waals surface area contributed by atoms with Crippen LogP contribution < -0.4 is 10.1 Å². The zero-order valence-electron chi connectivity index (χ0n) is 16.7. The molecule has 0 unspecified atom stereocenters. The van der Waals surface area contributed by atoms with Crippen LogP contribution in [0.1, 0.15) is 43.2 Å². The van der Waals surface area contributed by atoms with Crippen LogP contribution >= 0.6 is 0 Å². The molecule has 1 saturated carbocycles. The Bertz CT molecular complexity index is 821. The highest BCUT2D eigenvalue weighted by molar-refractivity contribution is 5.66. The summed E-state index contributed by atoms with van der Waals surface area (Å²) in [6.45, 7) is 3.73. The molecule has 1 saturated heterocycles. The number of fused-ring (bicyclic) bond motifs is 1. The molecule has 0 amide bonds. The highest BCUT2D eigenvalue weighted by atomic mass is 16.7. The Balaban J connectivity index is 1.28. The predicted molar refractivity (Wildman–Crippen MR) is 111 cm³/mol. The van der Waals surface area contributed by atoms with Gasteiger partial charge in [-0.1, -0.05) is 36.8 Å². The second kappa shape index (κ2) is 7.51. The predicted octanol–water partition coefficient (Wildman–Crippen LogP) is 4.33. The molecule has 28 heavy (non-hydrogen) atoms. The van der Waals surface area contributed by atoms with Crippen molar-refractivity contribution in [3.8, 4) is 16.9 Å². The van der Waals surface area contributed by atoms with Crippen LogP contribution in [0, 0.1) is 0 Å². The highest BCUT2D eigenvalue weighted by Gasteiger charge is 2.42. The number of nitrogens with one attached hydrogen (secondary N) is 1. The van der Waals surface area contributed by atoms with Gasteiger partial charge in [0, 0.05) is 44.1 Å². The summed E-state index contributed by atoms with van der Waals surface area (Å²) in [5.74, 6) is 0.586. The Kier molecular flexibility index (Phi) is 4.87. The summed E-state index contributed by atoms with van der Waals surface area (Å²) >= 11 is 0. The van der Waals surface area contributed by atoms with Gasteiger partial charge in [0.15, 0.2) is 0 Å². The van der Waals surface area contributed by atoms with E-state index in [2.05, 4.69) is 52.7 Å². The topological polar surface area (TPSA) is 33.7 Å². The lowest BCUT2D eigenvalue weighted by Crippen LogP contribution is -2.54. The fourth-order valence-corrected chi connectivity index (χ4v) is 4.66. The Morgan fingerprint density at radius 1 is 1.04 bits per heavy atom. The Hall–Kier alpha value is -1.88. The Morgan fingerprint density at radius 3 is 2.46 bits per heavy atom. The maximum absolute atomic E-state index is 6.42. The van der Waals surface area contributed by atoms with Crippen LogP contribution in [0.2, 0.25) is 0 Å². The van der Waals surface area contributed by atoms with Gasteiger partial charge < -0.3 is 14.8 Å². The molecule has 0 radical (unpaired) electrons. The van der Waals surface area contributed by atoms with E-state index < -0.39 is 5.79 Å². The average molecular weight is 379 g/mol. The number of ether oxygens (including phenoxy) is 2. The average Bonchev–Trinajstić information content (AvgIpc) is 2.69. The fraction of sp³-hybridized carbons (Fsp3) is 0.500. The van der Waals surface area contributed by atoms with Gasteiger partial charge in [-0.05, 0) is 48.7 Å². The second-order valence-electron chi connectivity index (χ2n) is 8.47. The summed E-state index contributed by atoms with van der Waals surface area (Å²) in [6, 6.07) is 16.1. The lowest BCUT2D eigenvalue weighted by molar-refractivity contribution is -0.231. The minimum absolute atomic E-state index is 0.413. The smallest absolute Gasteiger partial charge is 0.213 e. The third kappa shape index (κ3) is 3.45. The van der Waals surface area contributed by atoms with Crippen molar-refractivity contribution in [3.05, 3.63) is 53.6 Å². The van der Waals surface area contributed by atoms with Crippen molar-refractivity contribution in [2.75, 3.05) is 20.1 Å². The maximum atomic E-state index is 6.42. The summed E-state index contributed by atoms with van der Waals surface area (Å²) < 4.78 is 12.7. The van der Waals surface area contributed by atoms with E-state index in [0.717, 1.165) is 49.8 Å². The Morgan fingerprint density at radius 2 is 1.79 bits per heavy atom. The van der Waals surface area contributed by atoms with Gasteiger partial charge >= 0.3 is 0 Å². The van der Waals surface area contributed by atoms with Crippen molar-refractivity contribution >= 4 is 0 Å². The third-order valence-electron chi connectivity index (χ3n) is 6.67.